The van der Waals surface area contributed by atoms with Crippen molar-refractivity contribution < 1.29 is 9.47 Å². The summed E-state index contributed by atoms with van der Waals surface area (Å²) in [6.45, 7) is 7.18. The molecule has 0 spiro atoms. The zero-order valence-corrected chi connectivity index (χ0v) is 13.7. The lowest BCUT2D eigenvalue weighted by atomic mass is 9.86. The number of rotatable bonds is 7. The molecule has 0 aliphatic carbocycles. The standard InChI is InChI=1S/C16H25NO2S/c1-16(2,3)13-11-12(18-4)8-9-14(13)19-10-6-5-7-15(17)20/h8-9,11H,5-7,10H2,1-4H3,(H2,17,20). The van der Waals surface area contributed by atoms with Crippen LogP contribution < -0.4 is 15.2 Å². The van der Waals surface area contributed by atoms with Gasteiger partial charge in [-0.2, -0.15) is 0 Å². The topological polar surface area (TPSA) is 44.5 Å². The lowest BCUT2D eigenvalue weighted by molar-refractivity contribution is 0.299. The Labute approximate surface area is 127 Å². The second kappa shape index (κ2) is 7.48. The van der Waals surface area contributed by atoms with E-state index in [2.05, 4.69) is 20.8 Å². The van der Waals surface area contributed by atoms with Gasteiger partial charge in [-0.25, -0.2) is 0 Å². The van der Waals surface area contributed by atoms with Crippen molar-refractivity contribution in [1.82, 2.24) is 0 Å². The van der Waals surface area contributed by atoms with E-state index in [1.807, 2.05) is 18.2 Å². The van der Waals surface area contributed by atoms with Crippen LogP contribution in [0.1, 0.15) is 45.6 Å². The summed E-state index contributed by atoms with van der Waals surface area (Å²) < 4.78 is 11.2. The number of benzene rings is 1. The predicted molar refractivity (Wildman–Crippen MR) is 87.8 cm³/mol. The molecule has 0 aliphatic heterocycles. The number of hydrogen-bond acceptors (Lipinski definition) is 3. The fraction of sp³-hybridized carbons (Fsp3) is 0.562. The quantitative estimate of drug-likeness (QED) is 0.613. The van der Waals surface area contributed by atoms with E-state index in [-0.39, 0.29) is 5.41 Å². The molecule has 0 saturated carbocycles. The summed E-state index contributed by atoms with van der Waals surface area (Å²) in [5, 5.41) is 0. The molecule has 1 rings (SSSR count). The lowest BCUT2D eigenvalue weighted by Crippen LogP contribution is -2.14. The van der Waals surface area contributed by atoms with Crippen molar-refractivity contribution in [2.45, 2.75) is 45.4 Å². The Balaban J connectivity index is 2.67. The number of nitrogens with two attached hydrogens (primary N) is 1. The molecule has 0 bridgehead atoms. The van der Waals surface area contributed by atoms with Gasteiger partial charge in [0.2, 0.25) is 0 Å². The summed E-state index contributed by atoms with van der Waals surface area (Å²) in [6.07, 6.45) is 2.71. The molecular formula is C16H25NO2S. The summed E-state index contributed by atoms with van der Waals surface area (Å²) in [4.78, 5) is 0.574. The third-order valence-electron chi connectivity index (χ3n) is 3.07. The minimum absolute atomic E-state index is 0.0166. The second-order valence-electron chi connectivity index (χ2n) is 5.88. The molecule has 0 radical (unpaired) electrons. The molecule has 0 amide bonds. The van der Waals surface area contributed by atoms with E-state index >= 15 is 0 Å². The maximum atomic E-state index is 5.91. The second-order valence-corrected chi connectivity index (χ2v) is 6.41. The van der Waals surface area contributed by atoms with Crippen LogP contribution in [-0.2, 0) is 5.41 Å². The number of unbranched alkanes of at least 4 members (excludes halogenated alkanes) is 1. The summed E-state index contributed by atoms with van der Waals surface area (Å²) in [5.41, 5.74) is 6.65. The average Bonchev–Trinajstić information content (AvgIpc) is 2.37. The Bertz CT molecular complexity index is 452. The van der Waals surface area contributed by atoms with Crippen LogP contribution in [0.2, 0.25) is 0 Å². The van der Waals surface area contributed by atoms with Crippen LogP contribution in [0.3, 0.4) is 0 Å². The van der Waals surface area contributed by atoms with Gasteiger partial charge in [-0.05, 0) is 42.9 Å². The van der Waals surface area contributed by atoms with E-state index in [0.29, 0.717) is 11.6 Å². The molecule has 0 unspecified atom stereocenters. The molecule has 0 aliphatic rings. The van der Waals surface area contributed by atoms with Gasteiger partial charge in [0.05, 0.1) is 18.7 Å². The molecule has 0 fully saturated rings. The fourth-order valence-electron chi connectivity index (χ4n) is 1.93. The lowest BCUT2D eigenvalue weighted by Gasteiger charge is -2.23. The maximum Gasteiger partial charge on any atom is 0.123 e. The summed E-state index contributed by atoms with van der Waals surface area (Å²) in [6, 6.07) is 5.96. The highest BCUT2D eigenvalue weighted by molar-refractivity contribution is 7.80. The van der Waals surface area contributed by atoms with Crippen LogP contribution in [0.25, 0.3) is 0 Å². The first-order valence-electron chi connectivity index (χ1n) is 6.94. The molecule has 2 N–H and O–H groups in total. The first-order valence-corrected chi connectivity index (χ1v) is 7.35. The normalized spacial score (nSPS) is 11.2. The summed E-state index contributed by atoms with van der Waals surface area (Å²) >= 11 is 4.86. The van der Waals surface area contributed by atoms with E-state index in [0.717, 1.165) is 36.3 Å². The first-order chi connectivity index (χ1) is 9.34. The van der Waals surface area contributed by atoms with E-state index < -0.39 is 0 Å². The molecule has 20 heavy (non-hydrogen) atoms. The number of hydrogen-bond donors (Lipinski definition) is 1. The van der Waals surface area contributed by atoms with Gasteiger partial charge in [-0.1, -0.05) is 33.0 Å². The monoisotopic (exact) mass is 295 g/mol. The van der Waals surface area contributed by atoms with Crippen LogP contribution in [-0.4, -0.2) is 18.7 Å². The van der Waals surface area contributed by atoms with Crippen LogP contribution in [0, 0.1) is 0 Å². The minimum Gasteiger partial charge on any atom is -0.497 e. The zero-order valence-electron chi connectivity index (χ0n) is 12.9. The zero-order chi connectivity index (χ0) is 15.2. The SMILES string of the molecule is COc1ccc(OCCCCC(N)=S)c(C(C)(C)C)c1. The Hall–Kier alpha value is -1.29. The highest BCUT2D eigenvalue weighted by atomic mass is 32.1. The van der Waals surface area contributed by atoms with Crippen molar-refractivity contribution in [2.75, 3.05) is 13.7 Å². The molecule has 0 aromatic heterocycles. The average molecular weight is 295 g/mol. The molecule has 112 valence electrons. The molecule has 3 nitrogen and oxygen atoms in total. The van der Waals surface area contributed by atoms with E-state index in [1.165, 1.54) is 0 Å². The van der Waals surface area contributed by atoms with Crippen molar-refractivity contribution in [3.63, 3.8) is 0 Å². The van der Waals surface area contributed by atoms with Gasteiger partial charge in [0.15, 0.2) is 0 Å². The van der Waals surface area contributed by atoms with E-state index in [1.54, 1.807) is 7.11 Å². The van der Waals surface area contributed by atoms with Crippen molar-refractivity contribution in [3.8, 4) is 11.5 Å². The molecule has 0 atom stereocenters. The Morgan fingerprint density at radius 2 is 1.95 bits per heavy atom. The third kappa shape index (κ3) is 5.37. The molecule has 0 saturated heterocycles. The van der Waals surface area contributed by atoms with Gasteiger partial charge in [0.25, 0.3) is 0 Å². The van der Waals surface area contributed by atoms with Crippen LogP contribution in [0.15, 0.2) is 18.2 Å². The van der Waals surface area contributed by atoms with Gasteiger partial charge in [-0.15, -0.1) is 0 Å². The number of methoxy groups -OCH3 is 1. The van der Waals surface area contributed by atoms with Gasteiger partial charge in [-0.3, -0.25) is 0 Å². The predicted octanol–water partition coefficient (Wildman–Crippen LogP) is 3.83. The number of thiocarbonyl (C=S) groups is 1. The molecular weight excluding hydrogens is 270 g/mol. The van der Waals surface area contributed by atoms with Crippen LogP contribution in [0.5, 0.6) is 11.5 Å². The van der Waals surface area contributed by atoms with Gasteiger partial charge < -0.3 is 15.2 Å². The summed E-state index contributed by atoms with van der Waals surface area (Å²) in [7, 11) is 1.68. The van der Waals surface area contributed by atoms with Crippen LogP contribution >= 0.6 is 12.2 Å². The van der Waals surface area contributed by atoms with Crippen LogP contribution in [0.4, 0.5) is 0 Å². The van der Waals surface area contributed by atoms with Crippen molar-refractivity contribution in [1.29, 1.82) is 0 Å². The van der Waals surface area contributed by atoms with Gasteiger partial charge in [0.1, 0.15) is 11.5 Å². The highest BCUT2D eigenvalue weighted by Gasteiger charge is 2.19. The van der Waals surface area contributed by atoms with Gasteiger partial charge >= 0.3 is 0 Å². The summed E-state index contributed by atoms with van der Waals surface area (Å²) in [5.74, 6) is 1.78. The Morgan fingerprint density at radius 1 is 1.25 bits per heavy atom. The van der Waals surface area contributed by atoms with Crippen molar-refractivity contribution >= 4 is 17.2 Å². The largest absolute Gasteiger partial charge is 0.497 e. The first kappa shape index (κ1) is 16.8. The third-order valence-corrected chi connectivity index (χ3v) is 3.27. The molecule has 4 heteroatoms. The van der Waals surface area contributed by atoms with E-state index in [9.17, 15) is 0 Å². The van der Waals surface area contributed by atoms with Gasteiger partial charge in [0, 0.05) is 5.56 Å². The maximum absolute atomic E-state index is 5.91. The minimum atomic E-state index is 0.0166. The van der Waals surface area contributed by atoms with Crippen molar-refractivity contribution in [2.24, 2.45) is 5.73 Å². The Morgan fingerprint density at radius 3 is 2.50 bits per heavy atom. The molecule has 1 aromatic carbocycles. The molecule has 0 heterocycles. The molecule has 1 aromatic rings. The Kier molecular flexibility index (Phi) is 6.27. The smallest absolute Gasteiger partial charge is 0.123 e. The number of ether oxygens (including phenoxy) is 2. The van der Waals surface area contributed by atoms with Crippen molar-refractivity contribution in [3.05, 3.63) is 23.8 Å². The van der Waals surface area contributed by atoms with E-state index in [4.69, 9.17) is 27.4 Å². The fourth-order valence-corrected chi connectivity index (χ4v) is 2.08. The highest BCUT2D eigenvalue weighted by Crippen LogP contribution is 2.34.